The van der Waals surface area contributed by atoms with E-state index >= 15 is 0 Å². The van der Waals surface area contributed by atoms with Crippen LogP contribution in [-0.2, 0) is 4.79 Å². The minimum Gasteiger partial charge on any atom is -0.389 e. The molecule has 0 fully saturated rings. The standard InChI is InChI=1S/C10H12N3O2/c1-7(14)13(2)8-5-3-4-6-9(8)15-10(13)12-11/h3-6H,11H2,1-2H3/q+1. The van der Waals surface area contributed by atoms with E-state index in [1.807, 2.05) is 18.2 Å². The zero-order chi connectivity index (χ0) is 11.1. The maximum Gasteiger partial charge on any atom is 0.434 e. The number of hydrogen-bond donors (Lipinski definition) is 1. The Morgan fingerprint density at radius 3 is 2.73 bits per heavy atom. The molecule has 0 saturated heterocycles. The van der Waals surface area contributed by atoms with Crippen LogP contribution in [0.2, 0.25) is 0 Å². The molecule has 1 aliphatic rings. The fourth-order valence-corrected chi connectivity index (χ4v) is 1.65. The number of rotatable bonds is 0. The molecule has 1 aromatic rings. The van der Waals surface area contributed by atoms with Crippen LogP contribution in [0, 0.1) is 0 Å². The fraction of sp³-hybridized carbons (Fsp3) is 0.200. The summed E-state index contributed by atoms with van der Waals surface area (Å²) < 4.78 is 5.29. The molecule has 5 heteroatoms. The number of amides is 1. The van der Waals surface area contributed by atoms with E-state index in [1.165, 1.54) is 6.92 Å². The number of benzene rings is 1. The number of nitrogens with zero attached hydrogens (tertiary/aromatic N) is 2. The van der Waals surface area contributed by atoms with Crippen molar-refractivity contribution >= 4 is 17.6 Å². The summed E-state index contributed by atoms with van der Waals surface area (Å²) in [5.74, 6) is 5.75. The second-order valence-corrected chi connectivity index (χ2v) is 3.51. The number of amidine groups is 1. The Bertz CT molecular complexity index is 456. The van der Waals surface area contributed by atoms with Gasteiger partial charge in [0.25, 0.3) is 0 Å². The van der Waals surface area contributed by atoms with Gasteiger partial charge in [-0.25, -0.2) is 4.79 Å². The normalized spacial score (nSPS) is 26.1. The molecular formula is C10H12N3O2+. The quantitative estimate of drug-likeness (QED) is 0.388. The Kier molecular flexibility index (Phi) is 1.97. The molecule has 1 heterocycles. The average Bonchev–Trinajstić information content (AvgIpc) is 2.54. The second kappa shape index (κ2) is 3.06. The second-order valence-electron chi connectivity index (χ2n) is 3.51. The zero-order valence-corrected chi connectivity index (χ0v) is 8.60. The Balaban J connectivity index is 2.67. The van der Waals surface area contributed by atoms with Crippen molar-refractivity contribution in [1.29, 1.82) is 0 Å². The van der Waals surface area contributed by atoms with E-state index in [1.54, 1.807) is 13.1 Å². The van der Waals surface area contributed by atoms with E-state index in [2.05, 4.69) is 5.10 Å². The van der Waals surface area contributed by atoms with Crippen molar-refractivity contribution in [1.82, 2.24) is 4.48 Å². The van der Waals surface area contributed by atoms with E-state index in [-0.39, 0.29) is 16.4 Å². The Labute approximate surface area is 87.3 Å². The maximum atomic E-state index is 11.7. The monoisotopic (exact) mass is 206 g/mol. The van der Waals surface area contributed by atoms with Crippen LogP contribution in [0.3, 0.4) is 0 Å². The van der Waals surface area contributed by atoms with E-state index in [0.717, 1.165) is 5.69 Å². The van der Waals surface area contributed by atoms with Gasteiger partial charge in [0.2, 0.25) is 0 Å². The van der Waals surface area contributed by atoms with E-state index in [4.69, 9.17) is 10.6 Å². The summed E-state index contributed by atoms with van der Waals surface area (Å²) in [6, 6.07) is 7.50. The van der Waals surface area contributed by atoms with Gasteiger partial charge in [-0.2, -0.15) is 0 Å². The molecule has 0 bridgehead atoms. The first-order valence-corrected chi connectivity index (χ1v) is 4.54. The molecule has 1 amide bonds. The molecule has 15 heavy (non-hydrogen) atoms. The lowest BCUT2D eigenvalue weighted by Gasteiger charge is -2.20. The summed E-state index contributed by atoms with van der Waals surface area (Å²) in [5.41, 5.74) is 0.759. The van der Waals surface area contributed by atoms with Gasteiger partial charge in [-0.3, -0.25) is 0 Å². The van der Waals surface area contributed by atoms with Crippen LogP contribution in [0.1, 0.15) is 6.92 Å². The van der Waals surface area contributed by atoms with Crippen molar-refractivity contribution in [2.24, 2.45) is 10.9 Å². The van der Waals surface area contributed by atoms with Crippen LogP contribution in [0.15, 0.2) is 29.4 Å². The number of nitrogens with two attached hydrogens (primary N) is 1. The zero-order valence-electron chi connectivity index (χ0n) is 8.60. The first kappa shape index (κ1) is 9.67. The number of ether oxygens (including phenoxy) is 1. The fourth-order valence-electron chi connectivity index (χ4n) is 1.65. The van der Waals surface area contributed by atoms with E-state index < -0.39 is 0 Å². The largest absolute Gasteiger partial charge is 0.434 e. The van der Waals surface area contributed by atoms with Gasteiger partial charge in [-0.05, 0) is 6.07 Å². The molecule has 0 saturated carbocycles. The highest BCUT2D eigenvalue weighted by Crippen LogP contribution is 2.39. The minimum atomic E-state index is -0.118. The van der Waals surface area contributed by atoms with Crippen LogP contribution in [-0.4, -0.2) is 19.0 Å². The van der Waals surface area contributed by atoms with Crippen molar-refractivity contribution < 1.29 is 9.53 Å². The smallest absolute Gasteiger partial charge is 0.389 e. The van der Waals surface area contributed by atoms with Crippen LogP contribution < -0.4 is 15.1 Å². The Morgan fingerprint density at radius 1 is 1.47 bits per heavy atom. The molecule has 2 N–H and O–H groups in total. The number of carbonyl (C=O) groups excluding carboxylic acids is 1. The number of hydrazone groups is 1. The molecule has 1 aliphatic heterocycles. The molecule has 1 unspecified atom stereocenters. The first-order valence-electron chi connectivity index (χ1n) is 4.54. The van der Waals surface area contributed by atoms with Crippen LogP contribution in [0.4, 0.5) is 5.69 Å². The molecule has 0 aliphatic carbocycles. The highest BCUT2D eigenvalue weighted by Gasteiger charge is 2.48. The average molecular weight is 206 g/mol. The van der Waals surface area contributed by atoms with E-state index in [9.17, 15) is 4.79 Å². The minimum absolute atomic E-state index is 0.0934. The summed E-state index contributed by atoms with van der Waals surface area (Å²) in [4.78, 5) is 11.7. The van der Waals surface area contributed by atoms with Gasteiger partial charge >= 0.3 is 11.9 Å². The lowest BCUT2D eigenvalue weighted by Crippen LogP contribution is -2.53. The number of carbonyl (C=O) groups is 1. The third-order valence-corrected chi connectivity index (χ3v) is 2.67. The SMILES string of the molecule is CC(=O)[N+]1(C)C(=NN)Oc2ccccc21. The van der Waals surface area contributed by atoms with Gasteiger partial charge in [-0.15, -0.1) is 4.48 Å². The van der Waals surface area contributed by atoms with Crippen molar-refractivity contribution in [3.8, 4) is 5.75 Å². The van der Waals surface area contributed by atoms with Gasteiger partial charge in [0, 0.05) is 6.07 Å². The summed E-state index contributed by atoms with van der Waals surface area (Å²) in [7, 11) is 1.71. The van der Waals surface area contributed by atoms with Gasteiger partial charge < -0.3 is 10.6 Å². The molecule has 1 atom stereocenters. The Hall–Kier alpha value is -1.88. The number of fused-ring (bicyclic) bond motifs is 1. The number of quaternary nitrogens is 1. The van der Waals surface area contributed by atoms with Crippen LogP contribution >= 0.6 is 0 Å². The molecule has 0 radical (unpaired) electrons. The van der Waals surface area contributed by atoms with Gasteiger partial charge in [0.05, 0.1) is 14.0 Å². The topological polar surface area (TPSA) is 64.7 Å². The Morgan fingerprint density at radius 2 is 2.13 bits per heavy atom. The number of hydrogen-bond acceptors (Lipinski definition) is 4. The molecule has 0 spiro atoms. The number of para-hydroxylation sites is 2. The van der Waals surface area contributed by atoms with Crippen molar-refractivity contribution in [3.63, 3.8) is 0 Å². The highest BCUT2D eigenvalue weighted by molar-refractivity contribution is 6.11. The molecule has 78 valence electrons. The summed E-state index contributed by atoms with van der Waals surface area (Å²) in [6.07, 6.45) is 0. The maximum absolute atomic E-state index is 11.7. The molecule has 2 rings (SSSR count). The van der Waals surface area contributed by atoms with Gasteiger partial charge in [-0.1, -0.05) is 17.2 Å². The lowest BCUT2D eigenvalue weighted by atomic mass is 10.2. The van der Waals surface area contributed by atoms with Crippen LogP contribution in [0.25, 0.3) is 0 Å². The third kappa shape index (κ3) is 1.13. The molecular weight excluding hydrogens is 194 g/mol. The predicted octanol–water partition coefficient (Wildman–Crippen LogP) is 0.792. The van der Waals surface area contributed by atoms with Crippen molar-refractivity contribution in [3.05, 3.63) is 24.3 Å². The summed E-state index contributed by atoms with van der Waals surface area (Å²) in [6.45, 7) is 1.48. The first-order chi connectivity index (χ1) is 7.10. The molecule has 5 nitrogen and oxygen atoms in total. The molecule has 0 aromatic heterocycles. The summed E-state index contributed by atoms with van der Waals surface area (Å²) >= 11 is 0. The van der Waals surface area contributed by atoms with Gasteiger partial charge in [0.1, 0.15) is 0 Å². The third-order valence-electron chi connectivity index (χ3n) is 2.67. The molecule has 1 aromatic carbocycles. The highest BCUT2D eigenvalue weighted by atomic mass is 16.5. The lowest BCUT2D eigenvalue weighted by molar-refractivity contribution is -0.123. The van der Waals surface area contributed by atoms with E-state index in [0.29, 0.717) is 5.75 Å². The van der Waals surface area contributed by atoms with Crippen LogP contribution in [0.5, 0.6) is 5.75 Å². The van der Waals surface area contributed by atoms with Gasteiger partial charge in [0.15, 0.2) is 11.4 Å². The predicted molar refractivity (Wildman–Crippen MR) is 57.1 cm³/mol. The van der Waals surface area contributed by atoms with Crippen molar-refractivity contribution in [2.75, 3.05) is 7.05 Å². The summed E-state index contributed by atoms with van der Waals surface area (Å²) in [5, 5.41) is 3.52. The van der Waals surface area contributed by atoms with Crippen molar-refractivity contribution in [2.45, 2.75) is 6.92 Å².